The van der Waals surface area contributed by atoms with E-state index in [2.05, 4.69) is 42.7 Å². The average Bonchev–Trinajstić information content (AvgIpc) is 3.40. The summed E-state index contributed by atoms with van der Waals surface area (Å²) in [5, 5.41) is 5.89. The van der Waals surface area contributed by atoms with E-state index < -0.39 is 5.60 Å². The van der Waals surface area contributed by atoms with Crippen LogP contribution in [0.15, 0.2) is 29.0 Å². The van der Waals surface area contributed by atoms with Gasteiger partial charge in [-0.05, 0) is 61.7 Å². The van der Waals surface area contributed by atoms with Gasteiger partial charge in [0.15, 0.2) is 0 Å². The fraction of sp³-hybridized carbons (Fsp3) is 0.476. The largest absolute Gasteiger partial charge is 0.444 e. The van der Waals surface area contributed by atoms with Crippen LogP contribution in [0, 0.1) is 0 Å². The number of nitrogens with one attached hydrogen (secondary N) is 1. The van der Waals surface area contributed by atoms with E-state index in [4.69, 9.17) is 9.84 Å². The molecule has 152 valence electrons. The molecule has 3 aromatic rings. The Balaban J connectivity index is 1.43. The van der Waals surface area contributed by atoms with Crippen LogP contribution in [-0.2, 0) is 16.7 Å². The number of hydrogen-bond acceptors (Lipinski definition) is 4. The molecule has 0 radical (unpaired) electrons. The maximum atomic E-state index is 12.5. The van der Waals surface area contributed by atoms with Gasteiger partial charge in [0.2, 0.25) is 0 Å². The zero-order valence-electron chi connectivity index (χ0n) is 16.8. The number of fused-ring (bicyclic) bond motifs is 3. The topological polar surface area (TPSA) is 76.0 Å². The number of carbonyl (C=O) groups is 1. The molecule has 1 amide bonds. The van der Waals surface area contributed by atoms with E-state index in [0.29, 0.717) is 6.54 Å². The zero-order valence-corrected chi connectivity index (χ0v) is 18.4. The van der Waals surface area contributed by atoms with E-state index in [9.17, 15) is 4.79 Å². The van der Waals surface area contributed by atoms with Crippen LogP contribution < -0.4 is 0 Å². The fourth-order valence-corrected chi connectivity index (χ4v) is 4.90. The second-order valence-corrected chi connectivity index (χ2v) is 9.93. The van der Waals surface area contributed by atoms with Gasteiger partial charge in [0.25, 0.3) is 0 Å². The summed E-state index contributed by atoms with van der Waals surface area (Å²) >= 11 is 3.56. The number of nitrogens with zero attached hydrogens (tertiary/aromatic N) is 4. The third-order valence-electron chi connectivity index (χ3n) is 5.91. The van der Waals surface area contributed by atoms with E-state index in [1.165, 1.54) is 5.69 Å². The number of ether oxygens (including phenoxy) is 1. The number of hydrogen-bond donors (Lipinski definition) is 1. The van der Waals surface area contributed by atoms with Gasteiger partial charge in [-0.2, -0.15) is 5.10 Å². The molecule has 1 fully saturated rings. The van der Waals surface area contributed by atoms with Crippen LogP contribution in [0.2, 0.25) is 0 Å². The minimum absolute atomic E-state index is 0.0334. The molecule has 2 aliphatic rings. The minimum atomic E-state index is -0.477. The molecular formula is C21H24BrN5O2. The molecule has 0 aliphatic carbocycles. The van der Waals surface area contributed by atoms with E-state index in [0.717, 1.165) is 52.7 Å². The third kappa shape index (κ3) is 3.13. The maximum absolute atomic E-state index is 12.5. The van der Waals surface area contributed by atoms with Crippen molar-refractivity contribution >= 4 is 33.1 Å². The van der Waals surface area contributed by atoms with E-state index in [1.54, 1.807) is 0 Å². The molecule has 3 aromatic heterocycles. The molecule has 8 heteroatoms. The monoisotopic (exact) mass is 457 g/mol. The lowest BCUT2D eigenvalue weighted by Crippen LogP contribution is -2.37. The Bertz CT molecular complexity index is 1110. The zero-order chi connectivity index (χ0) is 20.4. The Morgan fingerprint density at radius 3 is 2.86 bits per heavy atom. The molecule has 0 aromatic carbocycles. The number of amides is 1. The van der Waals surface area contributed by atoms with Gasteiger partial charge < -0.3 is 14.6 Å². The lowest BCUT2D eigenvalue weighted by Gasteiger charge is -2.26. The van der Waals surface area contributed by atoms with Crippen molar-refractivity contribution < 1.29 is 9.53 Å². The van der Waals surface area contributed by atoms with Gasteiger partial charge >= 0.3 is 6.09 Å². The quantitative estimate of drug-likeness (QED) is 0.584. The van der Waals surface area contributed by atoms with Crippen molar-refractivity contribution in [2.24, 2.45) is 0 Å². The summed E-state index contributed by atoms with van der Waals surface area (Å²) in [6.45, 7) is 8.00. The first-order valence-corrected chi connectivity index (χ1v) is 10.7. The van der Waals surface area contributed by atoms with Gasteiger partial charge in [-0.15, -0.1) is 0 Å². The summed E-state index contributed by atoms with van der Waals surface area (Å²) in [5.41, 5.74) is 3.48. The second-order valence-electron chi connectivity index (χ2n) is 9.08. The summed E-state index contributed by atoms with van der Waals surface area (Å²) in [7, 11) is 0. The van der Waals surface area contributed by atoms with Gasteiger partial charge in [0.1, 0.15) is 11.2 Å². The second kappa shape index (κ2) is 6.32. The van der Waals surface area contributed by atoms with E-state index in [-0.39, 0.29) is 11.5 Å². The first-order valence-electron chi connectivity index (χ1n) is 9.93. The average molecular weight is 458 g/mol. The third-order valence-corrected chi connectivity index (χ3v) is 6.56. The molecule has 29 heavy (non-hydrogen) atoms. The van der Waals surface area contributed by atoms with Gasteiger partial charge in [-0.3, -0.25) is 4.68 Å². The predicted octanol–water partition coefficient (Wildman–Crippen LogP) is 4.47. The van der Waals surface area contributed by atoms with E-state index >= 15 is 0 Å². The Morgan fingerprint density at radius 2 is 2.07 bits per heavy atom. The number of H-pyrrole nitrogens is 1. The summed E-state index contributed by atoms with van der Waals surface area (Å²) < 4.78 is 8.68. The molecule has 5 heterocycles. The highest BCUT2D eigenvalue weighted by Gasteiger charge is 2.47. The number of pyridine rings is 1. The van der Waals surface area contributed by atoms with Crippen LogP contribution in [0.4, 0.5) is 4.79 Å². The predicted molar refractivity (Wildman–Crippen MR) is 114 cm³/mol. The van der Waals surface area contributed by atoms with Crippen LogP contribution >= 0.6 is 15.9 Å². The molecule has 0 saturated carbocycles. The molecule has 5 rings (SSSR count). The van der Waals surface area contributed by atoms with Gasteiger partial charge in [-0.1, -0.05) is 0 Å². The van der Waals surface area contributed by atoms with Crippen molar-refractivity contribution in [1.82, 2.24) is 24.6 Å². The Kier molecular flexibility index (Phi) is 4.07. The normalized spacial score (nSPS) is 21.3. The molecule has 0 bridgehead atoms. The number of rotatable bonds is 1. The standard InChI is InChI=1S/C21H24BrN5O2/c1-20(2,3)29-19(28)26-6-4-21(12-26)5-7-27-17(21)9-16(25-27)13-8-14-15(22)11-24-18(14)23-10-13/h8-11H,4-7,12H2,1-3H3,(H,23,24). The summed E-state index contributed by atoms with van der Waals surface area (Å²) in [5.74, 6) is 0. The highest BCUT2D eigenvalue weighted by atomic mass is 79.9. The van der Waals surface area contributed by atoms with Crippen molar-refractivity contribution in [3.05, 3.63) is 34.7 Å². The van der Waals surface area contributed by atoms with Gasteiger partial charge in [0, 0.05) is 58.6 Å². The molecule has 1 spiro atoms. The number of carbonyl (C=O) groups excluding carboxylic acids is 1. The molecular weight excluding hydrogens is 434 g/mol. The Hall–Kier alpha value is -2.35. The fourth-order valence-electron chi connectivity index (χ4n) is 4.48. The van der Waals surface area contributed by atoms with Crippen molar-refractivity contribution in [1.29, 1.82) is 0 Å². The first-order chi connectivity index (χ1) is 13.7. The number of aryl methyl sites for hydroxylation is 1. The van der Waals surface area contributed by atoms with Gasteiger partial charge in [0.05, 0.1) is 5.69 Å². The number of halogens is 1. The summed E-state index contributed by atoms with van der Waals surface area (Å²) in [6.07, 6.45) is 5.48. The van der Waals surface area contributed by atoms with Crippen molar-refractivity contribution in [2.75, 3.05) is 13.1 Å². The number of aromatic amines is 1. The number of aromatic nitrogens is 4. The van der Waals surface area contributed by atoms with Crippen molar-refractivity contribution in [3.63, 3.8) is 0 Å². The summed E-state index contributed by atoms with van der Waals surface area (Å²) in [6, 6.07) is 4.28. The summed E-state index contributed by atoms with van der Waals surface area (Å²) in [4.78, 5) is 22.0. The Morgan fingerprint density at radius 1 is 1.28 bits per heavy atom. The molecule has 2 aliphatic heterocycles. The lowest BCUT2D eigenvalue weighted by atomic mass is 9.82. The van der Waals surface area contributed by atoms with Crippen molar-refractivity contribution in [3.8, 4) is 11.3 Å². The molecule has 1 atom stereocenters. The highest BCUT2D eigenvalue weighted by Crippen LogP contribution is 2.44. The van der Waals surface area contributed by atoms with Crippen LogP contribution in [-0.4, -0.2) is 49.4 Å². The number of likely N-dealkylation sites (tertiary alicyclic amines) is 1. The van der Waals surface area contributed by atoms with Crippen LogP contribution in [0.25, 0.3) is 22.3 Å². The highest BCUT2D eigenvalue weighted by molar-refractivity contribution is 9.10. The SMILES string of the molecule is CC(C)(C)OC(=O)N1CCC2(CCn3nc(-c4cnc5[nH]cc(Br)c5c4)cc32)C1. The smallest absolute Gasteiger partial charge is 0.410 e. The van der Waals surface area contributed by atoms with Crippen molar-refractivity contribution in [2.45, 2.75) is 51.2 Å². The molecule has 1 unspecified atom stereocenters. The van der Waals surface area contributed by atoms with Crippen LogP contribution in [0.5, 0.6) is 0 Å². The molecule has 1 saturated heterocycles. The first kappa shape index (κ1) is 18.7. The van der Waals surface area contributed by atoms with Crippen LogP contribution in [0.1, 0.15) is 39.3 Å². The van der Waals surface area contributed by atoms with Crippen LogP contribution in [0.3, 0.4) is 0 Å². The lowest BCUT2D eigenvalue weighted by molar-refractivity contribution is 0.0284. The maximum Gasteiger partial charge on any atom is 0.410 e. The minimum Gasteiger partial charge on any atom is -0.444 e. The Labute approximate surface area is 177 Å². The molecule has 7 nitrogen and oxygen atoms in total. The van der Waals surface area contributed by atoms with Gasteiger partial charge in [-0.25, -0.2) is 9.78 Å². The van der Waals surface area contributed by atoms with E-state index in [1.807, 2.05) is 38.1 Å². The molecule has 1 N–H and O–H groups in total.